The zero-order chi connectivity index (χ0) is 6.53. The Kier molecular flexibility index (Phi) is 2.97. The first-order valence-corrected chi connectivity index (χ1v) is 3.24. The number of hydrogen-bond donors (Lipinski definition) is 1. The summed E-state index contributed by atoms with van der Waals surface area (Å²) in [6.07, 6.45) is 1.38. The third-order valence-electron chi connectivity index (χ3n) is 1.42. The van der Waals surface area contributed by atoms with Crippen LogP contribution in [0.1, 0.15) is 6.42 Å². The maximum Gasteiger partial charge on any atom is 0.0970 e. The molecule has 0 aromatic carbocycles. The molecule has 1 aliphatic rings. The lowest BCUT2D eigenvalue weighted by Crippen LogP contribution is -2.35. The summed E-state index contributed by atoms with van der Waals surface area (Å²) in [7, 11) is 1.70. The average Bonchev–Trinajstić information content (AvgIpc) is 1.91. The van der Waals surface area contributed by atoms with Crippen molar-refractivity contribution in [2.75, 3.05) is 27.0 Å². The van der Waals surface area contributed by atoms with E-state index in [1.54, 1.807) is 7.11 Å². The van der Waals surface area contributed by atoms with Crippen LogP contribution in [0.25, 0.3) is 0 Å². The van der Waals surface area contributed by atoms with Gasteiger partial charge in [-0.25, -0.2) is 0 Å². The minimum atomic E-state index is 0.316. The highest BCUT2D eigenvalue weighted by molar-refractivity contribution is 4.62. The van der Waals surface area contributed by atoms with E-state index in [1.165, 1.54) is 0 Å². The molecule has 3 nitrogen and oxygen atoms in total. The molecule has 0 aliphatic carbocycles. The van der Waals surface area contributed by atoms with Crippen LogP contribution in [0.2, 0.25) is 0 Å². The second-order valence-electron chi connectivity index (χ2n) is 2.18. The van der Waals surface area contributed by atoms with Gasteiger partial charge in [0.25, 0.3) is 0 Å². The van der Waals surface area contributed by atoms with Crippen molar-refractivity contribution in [1.29, 1.82) is 0 Å². The Morgan fingerprint density at radius 2 is 2.67 bits per heavy atom. The molecule has 0 aromatic rings. The van der Waals surface area contributed by atoms with E-state index in [0.29, 0.717) is 12.8 Å². The summed E-state index contributed by atoms with van der Waals surface area (Å²) in [5.74, 6) is 0. The van der Waals surface area contributed by atoms with Gasteiger partial charge < -0.3 is 9.47 Å². The minimum Gasteiger partial charge on any atom is -0.382 e. The fraction of sp³-hybridized carbons (Fsp3) is 1.00. The van der Waals surface area contributed by atoms with Crippen LogP contribution in [0, 0.1) is 0 Å². The molecule has 1 atom stereocenters. The molecule has 1 N–H and O–H groups in total. The topological polar surface area (TPSA) is 30.5 Å². The van der Waals surface area contributed by atoms with Crippen molar-refractivity contribution >= 4 is 0 Å². The molecule has 3 heteroatoms. The third kappa shape index (κ3) is 2.30. The van der Waals surface area contributed by atoms with Crippen LogP contribution in [0.3, 0.4) is 0 Å². The molecule has 0 saturated carbocycles. The van der Waals surface area contributed by atoms with Gasteiger partial charge in [0.2, 0.25) is 0 Å². The van der Waals surface area contributed by atoms with Gasteiger partial charge in [-0.15, -0.1) is 0 Å². The quantitative estimate of drug-likeness (QED) is 0.571. The largest absolute Gasteiger partial charge is 0.382 e. The van der Waals surface area contributed by atoms with Crippen LogP contribution in [0.15, 0.2) is 0 Å². The van der Waals surface area contributed by atoms with Crippen LogP contribution in [0.4, 0.5) is 0 Å². The van der Waals surface area contributed by atoms with E-state index in [-0.39, 0.29) is 0 Å². The molecular formula is C6H13NO2. The number of ether oxygens (including phenoxy) is 2. The van der Waals surface area contributed by atoms with Crippen LogP contribution >= 0.6 is 0 Å². The van der Waals surface area contributed by atoms with Crippen molar-refractivity contribution in [2.45, 2.75) is 12.5 Å². The summed E-state index contributed by atoms with van der Waals surface area (Å²) in [4.78, 5) is 0. The minimum absolute atomic E-state index is 0.316. The molecule has 0 bridgehead atoms. The van der Waals surface area contributed by atoms with Crippen LogP contribution < -0.4 is 5.32 Å². The highest BCUT2D eigenvalue weighted by Crippen LogP contribution is 2.00. The van der Waals surface area contributed by atoms with E-state index in [1.807, 2.05) is 0 Å². The van der Waals surface area contributed by atoms with Crippen molar-refractivity contribution in [3.63, 3.8) is 0 Å². The van der Waals surface area contributed by atoms with E-state index in [2.05, 4.69) is 5.32 Å². The maximum atomic E-state index is 5.28. The Hall–Kier alpha value is -0.120. The summed E-state index contributed by atoms with van der Waals surface area (Å²) >= 11 is 0. The molecule has 1 fully saturated rings. The molecule has 9 heavy (non-hydrogen) atoms. The molecule has 1 aliphatic heterocycles. The molecule has 1 heterocycles. The first-order chi connectivity index (χ1) is 4.43. The smallest absolute Gasteiger partial charge is 0.0970 e. The zero-order valence-corrected chi connectivity index (χ0v) is 5.72. The van der Waals surface area contributed by atoms with Crippen LogP contribution in [0.5, 0.6) is 0 Å². The Balaban J connectivity index is 2.08. The summed E-state index contributed by atoms with van der Waals surface area (Å²) in [6.45, 7) is 2.45. The third-order valence-corrected chi connectivity index (χ3v) is 1.42. The summed E-state index contributed by atoms with van der Waals surface area (Å²) in [6, 6.07) is 0. The highest BCUT2D eigenvalue weighted by atomic mass is 16.5. The number of hydrogen-bond acceptors (Lipinski definition) is 3. The highest BCUT2D eigenvalue weighted by Gasteiger charge is 2.11. The van der Waals surface area contributed by atoms with Gasteiger partial charge >= 0.3 is 0 Å². The molecule has 1 unspecified atom stereocenters. The molecule has 0 aromatic heterocycles. The summed E-state index contributed by atoms with van der Waals surface area (Å²) < 4.78 is 10.2. The number of nitrogens with one attached hydrogen (secondary N) is 1. The Bertz CT molecular complexity index is 68.7. The van der Waals surface area contributed by atoms with Crippen molar-refractivity contribution in [2.24, 2.45) is 0 Å². The lowest BCUT2D eigenvalue weighted by atomic mass is 10.2. The Morgan fingerprint density at radius 1 is 1.78 bits per heavy atom. The second kappa shape index (κ2) is 3.82. The van der Waals surface area contributed by atoms with Gasteiger partial charge in [-0.05, 0) is 13.0 Å². The predicted octanol–water partition coefficient (Wildman–Crippen LogP) is -0.0312. The van der Waals surface area contributed by atoms with Gasteiger partial charge in [-0.3, -0.25) is 5.32 Å². The predicted molar refractivity (Wildman–Crippen MR) is 34.2 cm³/mol. The second-order valence-corrected chi connectivity index (χ2v) is 2.18. The number of methoxy groups -OCH3 is 1. The van der Waals surface area contributed by atoms with Crippen LogP contribution in [-0.4, -0.2) is 33.1 Å². The standard InChI is InChI=1S/C6H13NO2/c1-8-4-6-2-3-7-5-9-6/h6-7H,2-5H2,1H3. The summed E-state index contributed by atoms with van der Waals surface area (Å²) in [5.41, 5.74) is 0. The van der Waals surface area contributed by atoms with Gasteiger partial charge in [0.05, 0.1) is 19.4 Å². The van der Waals surface area contributed by atoms with Crippen molar-refractivity contribution < 1.29 is 9.47 Å². The monoisotopic (exact) mass is 131 g/mol. The van der Waals surface area contributed by atoms with E-state index in [0.717, 1.165) is 19.6 Å². The lowest BCUT2D eigenvalue weighted by molar-refractivity contribution is -0.0349. The molecular weight excluding hydrogens is 118 g/mol. The van der Waals surface area contributed by atoms with E-state index < -0.39 is 0 Å². The fourth-order valence-electron chi connectivity index (χ4n) is 0.913. The molecule has 1 rings (SSSR count). The van der Waals surface area contributed by atoms with Gasteiger partial charge in [0.1, 0.15) is 0 Å². The van der Waals surface area contributed by atoms with Crippen molar-refractivity contribution in [3.8, 4) is 0 Å². The van der Waals surface area contributed by atoms with E-state index in [9.17, 15) is 0 Å². The first kappa shape index (κ1) is 6.99. The normalized spacial score (nSPS) is 28.3. The molecule has 0 spiro atoms. The van der Waals surface area contributed by atoms with Crippen molar-refractivity contribution in [3.05, 3.63) is 0 Å². The average molecular weight is 131 g/mol. The van der Waals surface area contributed by atoms with E-state index in [4.69, 9.17) is 9.47 Å². The zero-order valence-electron chi connectivity index (χ0n) is 5.72. The Morgan fingerprint density at radius 3 is 3.22 bits per heavy atom. The van der Waals surface area contributed by atoms with Gasteiger partial charge in [0, 0.05) is 7.11 Å². The van der Waals surface area contributed by atoms with Gasteiger partial charge in [0.15, 0.2) is 0 Å². The number of rotatable bonds is 2. The lowest BCUT2D eigenvalue weighted by Gasteiger charge is -2.22. The van der Waals surface area contributed by atoms with Crippen LogP contribution in [-0.2, 0) is 9.47 Å². The van der Waals surface area contributed by atoms with E-state index >= 15 is 0 Å². The van der Waals surface area contributed by atoms with Gasteiger partial charge in [-0.2, -0.15) is 0 Å². The maximum absolute atomic E-state index is 5.28. The van der Waals surface area contributed by atoms with Gasteiger partial charge in [-0.1, -0.05) is 0 Å². The Labute approximate surface area is 55.3 Å². The summed E-state index contributed by atoms with van der Waals surface area (Å²) in [5, 5.41) is 3.10. The molecule has 0 radical (unpaired) electrons. The molecule has 0 amide bonds. The van der Waals surface area contributed by atoms with Crippen molar-refractivity contribution in [1.82, 2.24) is 5.32 Å². The fourth-order valence-corrected chi connectivity index (χ4v) is 0.913. The first-order valence-electron chi connectivity index (χ1n) is 3.24. The SMILES string of the molecule is COCC1CCNCO1. The molecule has 54 valence electrons. The molecule has 1 saturated heterocycles.